The molecule has 1 atom stereocenters. The maximum absolute atomic E-state index is 9.59. The van der Waals surface area contributed by atoms with Gasteiger partial charge in [0.05, 0.1) is 6.07 Å². The van der Waals surface area contributed by atoms with Crippen molar-refractivity contribution in [1.29, 1.82) is 5.26 Å². The molecule has 2 heteroatoms. The van der Waals surface area contributed by atoms with Gasteiger partial charge < -0.3 is 0 Å². The van der Waals surface area contributed by atoms with Gasteiger partial charge >= 0.3 is 0 Å². The van der Waals surface area contributed by atoms with Crippen LogP contribution in [0.1, 0.15) is 43.2 Å². The summed E-state index contributed by atoms with van der Waals surface area (Å²) in [6, 6.07) is 11.4. The first-order valence-corrected chi connectivity index (χ1v) is 7.59. The van der Waals surface area contributed by atoms with Crippen LogP contribution in [0.3, 0.4) is 0 Å². The molecule has 0 N–H and O–H groups in total. The lowest BCUT2D eigenvalue weighted by molar-refractivity contribution is 0.141. The predicted molar refractivity (Wildman–Crippen MR) is 76.5 cm³/mol. The molecule has 1 heterocycles. The molecule has 0 aromatic heterocycles. The molecule has 1 fully saturated rings. The van der Waals surface area contributed by atoms with Crippen molar-refractivity contribution in [1.82, 2.24) is 4.90 Å². The molecule has 3 rings (SSSR count). The van der Waals surface area contributed by atoms with Crippen LogP contribution in [0.15, 0.2) is 24.3 Å². The van der Waals surface area contributed by atoms with Gasteiger partial charge in [0.15, 0.2) is 0 Å². The molecule has 1 unspecified atom stereocenters. The second-order valence-electron chi connectivity index (χ2n) is 5.96. The molecule has 0 saturated heterocycles. The maximum Gasteiger partial charge on any atom is 0.101 e. The lowest BCUT2D eigenvalue weighted by Gasteiger charge is -2.37. The number of benzene rings is 1. The van der Waals surface area contributed by atoms with Crippen LogP contribution < -0.4 is 0 Å². The fourth-order valence-corrected chi connectivity index (χ4v) is 3.69. The van der Waals surface area contributed by atoms with E-state index in [-0.39, 0.29) is 6.04 Å². The molecule has 100 valence electrons. The zero-order valence-electron chi connectivity index (χ0n) is 11.5. The Morgan fingerprint density at radius 1 is 1.11 bits per heavy atom. The average Bonchev–Trinajstić information content (AvgIpc) is 2.49. The van der Waals surface area contributed by atoms with Crippen LogP contribution >= 0.6 is 0 Å². The number of nitrogens with zero attached hydrogens (tertiary/aromatic N) is 2. The number of hydrogen-bond acceptors (Lipinski definition) is 2. The Bertz CT molecular complexity index is 468. The molecule has 0 amide bonds. The van der Waals surface area contributed by atoms with Gasteiger partial charge in [-0.2, -0.15) is 5.26 Å². The van der Waals surface area contributed by atoms with Crippen molar-refractivity contribution in [2.45, 2.75) is 51.1 Å². The van der Waals surface area contributed by atoms with Crippen molar-refractivity contribution in [3.05, 3.63) is 35.4 Å². The van der Waals surface area contributed by atoms with E-state index in [4.69, 9.17) is 0 Å². The molecule has 0 bridgehead atoms. The van der Waals surface area contributed by atoms with Gasteiger partial charge in [-0.3, -0.25) is 4.90 Å². The normalized spacial score (nSPS) is 22.5. The Morgan fingerprint density at radius 2 is 1.84 bits per heavy atom. The standard InChI is InChI=1S/C17H22N2/c18-12-17(15-7-2-1-3-8-15)19-11-10-14-6-4-5-9-16(14)13-19/h4-6,9,15,17H,1-3,7-8,10-11,13H2. The number of hydrogen-bond donors (Lipinski definition) is 0. The zero-order chi connectivity index (χ0) is 13.1. The van der Waals surface area contributed by atoms with Crippen LogP contribution in [0.5, 0.6) is 0 Å². The van der Waals surface area contributed by atoms with Crippen LogP contribution in [0.2, 0.25) is 0 Å². The highest BCUT2D eigenvalue weighted by Gasteiger charge is 2.30. The van der Waals surface area contributed by atoms with Crippen molar-refractivity contribution in [2.24, 2.45) is 5.92 Å². The molecular weight excluding hydrogens is 232 g/mol. The third kappa shape index (κ3) is 2.67. The average molecular weight is 254 g/mol. The topological polar surface area (TPSA) is 27.0 Å². The highest BCUT2D eigenvalue weighted by molar-refractivity contribution is 5.29. The first kappa shape index (κ1) is 12.7. The Balaban J connectivity index is 1.73. The summed E-state index contributed by atoms with van der Waals surface area (Å²) < 4.78 is 0. The van der Waals surface area contributed by atoms with Gasteiger partial charge in [-0.05, 0) is 36.3 Å². The highest BCUT2D eigenvalue weighted by Crippen LogP contribution is 2.31. The van der Waals surface area contributed by atoms with Gasteiger partial charge in [0.2, 0.25) is 0 Å². The summed E-state index contributed by atoms with van der Waals surface area (Å²) in [6.45, 7) is 2.01. The lowest BCUT2D eigenvalue weighted by Crippen LogP contribution is -2.43. The van der Waals surface area contributed by atoms with Gasteiger partial charge in [0.25, 0.3) is 0 Å². The van der Waals surface area contributed by atoms with Crippen LogP contribution in [0.4, 0.5) is 0 Å². The summed E-state index contributed by atoms with van der Waals surface area (Å²) in [5.41, 5.74) is 2.89. The largest absolute Gasteiger partial charge is 0.283 e. The second kappa shape index (κ2) is 5.75. The van der Waals surface area contributed by atoms with E-state index >= 15 is 0 Å². The van der Waals surface area contributed by atoms with E-state index in [1.165, 1.54) is 43.2 Å². The molecule has 0 spiro atoms. The van der Waals surface area contributed by atoms with E-state index in [2.05, 4.69) is 35.2 Å². The summed E-state index contributed by atoms with van der Waals surface area (Å²) >= 11 is 0. The predicted octanol–water partition coefficient (Wildman–Crippen LogP) is 3.52. The van der Waals surface area contributed by atoms with E-state index in [1.807, 2.05) is 0 Å². The van der Waals surface area contributed by atoms with Gasteiger partial charge in [0, 0.05) is 13.1 Å². The van der Waals surface area contributed by atoms with Crippen molar-refractivity contribution in [3.8, 4) is 6.07 Å². The van der Waals surface area contributed by atoms with Gasteiger partial charge in [-0.1, -0.05) is 43.5 Å². The van der Waals surface area contributed by atoms with Crippen LogP contribution in [0.25, 0.3) is 0 Å². The van der Waals surface area contributed by atoms with E-state index in [9.17, 15) is 5.26 Å². The number of fused-ring (bicyclic) bond motifs is 1. The summed E-state index contributed by atoms with van der Waals surface area (Å²) in [6.07, 6.45) is 7.58. The Labute approximate surface area is 116 Å². The van der Waals surface area contributed by atoms with Crippen LogP contribution in [-0.4, -0.2) is 17.5 Å². The Kier molecular flexibility index (Phi) is 3.84. The van der Waals surface area contributed by atoms with Crippen molar-refractivity contribution >= 4 is 0 Å². The van der Waals surface area contributed by atoms with Crippen LogP contribution in [0, 0.1) is 17.2 Å². The van der Waals surface area contributed by atoms with E-state index in [1.54, 1.807) is 0 Å². The maximum atomic E-state index is 9.59. The van der Waals surface area contributed by atoms with Gasteiger partial charge in [-0.25, -0.2) is 0 Å². The first-order valence-electron chi connectivity index (χ1n) is 7.59. The number of nitriles is 1. The second-order valence-corrected chi connectivity index (χ2v) is 5.96. The third-order valence-electron chi connectivity index (χ3n) is 4.78. The molecule has 1 aliphatic carbocycles. The highest BCUT2D eigenvalue weighted by atomic mass is 15.2. The lowest BCUT2D eigenvalue weighted by atomic mass is 9.83. The molecule has 2 nitrogen and oxygen atoms in total. The summed E-state index contributed by atoms with van der Waals surface area (Å²) in [4.78, 5) is 2.42. The van der Waals surface area contributed by atoms with E-state index in [0.717, 1.165) is 19.5 Å². The molecule has 2 aliphatic rings. The Morgan fingerprint density at radius 3 is 2.58 bits per heavy atom. The number of rotatable bonds is 2. The summed E-state index contributed by atoms with van der Waals surface area (Å²) in [7, 11) is 0. The van der Waals surface area contributed by atoms with Crippen molar-refractivity contribution in [3.63, 3.8) is 0 Å². The molecule has 1 aromatic carbocycles. The van der Waals surface area contributed by atoms with E-state index < -0.39 is 0 Å². The molecule has 1 aliphatic heterocycles. The SMILES string of the molecule is N#CC(C1CCCCC1)N1CCc2ccccc2C1. The Hall–Kier alpha value is -1.33. The van der Waals surface area contributed by atoms with Gasteiger partial charge in [0.1, 0.15) is 6.04 Å². The minimum absolute atomic E-state index is 0.133. The zero-order valence-corrected chi connectivity index (χ0v) is 11.5. The van der Waals surface area contributed by atoms with Crippen molar-refractivity contribution in [2.75, 3.05) is 6.54 Å². The molecule has 1 aromatic rings. The first-order chi connectivity index (χ1) is 9.38. The fraction of sp³-hybridized carbons (Fsp3) is 0.588. The monoisotopic (exact) mass is 254 g/mol. The smallest absolute Gasteiger partial charge is 0.101 e. The molecular formula is C17H22N2. The minimum atomic E-state index is 0.133. The van der Waals surface area contributed by atoms with E-state index in [0.29, 0.717) is 5.92 Å². The quantitative estimate of drug-likeness (QED) is 0.807. The summed E-state index contributed by atoms with van der Waals surface area (Å²) in [5.74, 6) is 0.601. The molecule has 0 radical (unpaired) electrons. The fourth-order valence-electron chi connectivity index (χ4n) is 3.69. The van der Waals surface area contributed by atoms with Crippen molar-refractivity contribution < 1.29 is 0 Å². The van der Waals surface area contributed by atoms with Gasteiger partial charge in [-0.15, -0.1) is 0 Å². The summed E-state index contributed by atoms with van der Waals surface area (Å²) in [5, 5.41) is 9.59. The molecule has 1 saturated carbocycles. The minimum Gasteiger partial charge on any atom is -0.283 e. The third-order valence-corrected chi connectivity index (χ3v) is 4.78. The van der Waals surface area contributed by atoms with Crippen LogP contribution in [-0.2, 0) is 13.0 Å². The molecule has 19 heavy (non-hydrogen) atoms.